The second-order valence-electron chi connectivity index (χ2n) is 4.75. The molecule has 0 aliphatic carbocycles. The van der Waals surface area contributed by atoms with E-state index in [9.17, 15) is 8.42 Å². The minimum atomic E-state index is -3.57. The lowest BCUT2D eigenvalue weighted by Gasteiger charge is -2.10. The molecule has 4 nitrogen and oxygen atoms in total. The van der Waals surface area contributed by atoms with Gasteiger partial charge in [0.25, 0.3) is 10.0 Å². The number of benzene rings is 2. The number of rotatable bonds is 5. The highest BCUT2D eigenvalue weighted by Gasteiger charge is 2.14. The molecular formula is C15H17BrN2O2S. The maximum atomic E-state index is 12.3. The van der Waals surface area contributed by atoms with Gasteiger partial charge in [-0.25, -0.2) is 8.42 Å². The molecule has 0 saturated heterocycles. The average molecular weight is 369 g/mol. The molecule has 0 unspecified atom stereocenters. The van der Waals surface area contributed by atoms with E-state index in [0.717, 1.165) is 22.0 Å². The van der Waals surface area contributed by atoms with Crippen LogP contribution in [0.15, 0.2) is 51.8 Å². The maximum absolute atomic E-state index is 12.3. The quantitative estimate of drug-likeness (QED) is 0.851. The van der Waals surface area contributed by atoms with Crippen LogP contribution in [0.3, 0.4) is 0 Å². The van der Waals surface area contributed by atoms with Crippen molar-refractivity contribution in [2.24, 2.45) is 5.73 Å². The third-order valence-corrected chi connectivity index (χ3v) is 5.36. The largest absolute Gasteiger partial charge is 0.330 e. The summed E-state index contributed by atoms with van der Waals surface area (Å²) < 4.78 is 28.2. The number of aryl methyl sites for hydroxylation is 1. The lowest BCUT2D eigenvalue weighted by molar-refractivity contribution is 0.601. The summed E-state index contributed by atoms with van der Waals surface area (Å²) in [6.45, 7) is 2.45. The van der Waals surface area contributed by atoms with Crippen molar-refractivity contribution in [3.63, 3.8) is 0 Å². The number of halogens is 1. The molecule has 0 aromatic heterocycles. The predicted molar refractivity (Wildman–Crippen MR) is 88.9 cm³/mol. The summed E-state index contributed by atoms with van der Waals surface area (Å²) >= 11 is 3.39. The van der Waals surface area contributed by atoms with E-state index in [1.54, 1.807) is 36.4 Å². The second kappa shape index (κ2) is 6.60. The summed E-state index contributed by atoms with van der Waals surface area (Å²) in [6, 6.07) is 12.1. The lowest BCUT2D eigenvalue weighted by Crippen LogP contribution is -2.13. The molecule has 6 heteroatoms. The third kappa shape index (κ3) is 4.06. The Labute approximate surface area is 133 Å². The van der Waals surface area contributed by atoms with E-state index in [2.05, 4.69) is 20.7 Å². The number of hydrogen-bond acceptors (Lipinski definition) is 3. The molecule has 2 rings (SSSR count). The van der Waals surface area contributed by atoms with Crippen LogP contribution in [0.25, 0.3) is 0 Å². The van der Waals surface area contributed by atoms with Crippen molar-refractivity contribution in [2.75, 3.05) is 11.3 Å². The normalized spacial score (nSPS) is 11.4. The van der Waals surface area contributed by atoms with E-state index in [0.29, 0.717) is 12.2 Å². The molecule has 0 atom stereocenters. The summed E-state index contributed by atoms with van der Waals surface area (Å²) in [6.07, 6.45) is 0.736. The summed E-state index contributed by atoms with van der Waals surface area (Å²) in [7, 11) is -3.57. The highest BCUT2D eigenvalue weighted by molar-refractivity contribution is 9.10. The van der Waals surface area contributed by atoms with Gasteiger partial charge in [0.05, 0.1) is 4.90 Å². The van der Waals surface area contributed by atoms with Crippen molar-refractivity contribution < 1.29 is 8.42 Å². The number of hydrogen-bond donors (Lipinski definition) is 2. The number of nitrogens with two attached hydrogens (primary N) is 1. The van der Waals surface area contributed by atoms with Crippen LogP contribution in [-0.4, -0.2) is 15.0 Å². The van der Waals surface area contributed by atoms with Gasteiger partial charge in [-0.05, 0) is 61.3 Å². The molecule has 0 amide bonds. The molecule has 2 aromatic carbocycles. The molecule has 0 bridgehead atoms. The number of anilines is 1. The molecule has 0 spiro atoms. The molecule has 21 heavy (non-hydrogen) atoms. The molecule has 112 valence electrons. The minimum absolute atomic E-state index is 0.240. The summed E-state index contributed by atoms with van der Waals surface area (Å²) in [5, 5.41) is 0. The highest BCUT2D eigenvalue weighted by atomic mass is 79.9. The summed E-state index contributed by atoms with van der Waals surface area (Å²) in [5.41, 5.74) is 8.01. The van der Waals surface area contributed by atoms with Crippen LogP contribution in [0.4, 0.5) is 5.69 Å². The Morgan fingerprint density at radius 3 is 2.38 bits per heavy atom. The van der Waals surface area contributed by atoms with Crippen LogP contribution in [0.5, 0.6) is 0 Å². The first-order chi connectivity index (χ1) is 9.92. The van der Waals surface area contributed by atoms with E-state index in [-0.39, 0.29) is 4.90 Å². The van der Waals surface area contributed by atoms with Crippen molar-refractivity contribution in [3.05, 3.63) is 58.1 Å². The topological polar surface area (TPSA) is 72.2 Å². The molecule has 0 aliphatic heterocycles. The van der Waals surface area contributed by atoms with Gasteiger partial charge in [0.2, 0.25) is 0 Å². The SMILES string of the molecule is Cc1cc(NS(=O)(=O)c2ccc(CCN)cc2)ccc1Br. The van der Waals surface area contributed by atoms with Crippen molar-refractivity contribution in [1.82, 2.24) is 0 Å². The smallest absolute Gasteiger partial charge is 0.261 e. The van der Waals surface area contributed by atoms with Crippen molar-refractivity contribution in [1.29, 1.82) is 0 Å². The second-order valence-corrected chi connectivity index (χ2v) is 7.29. The van der Waals surface area contributed by atoms with E-state index in [1.807, 2.05) is 13.0 Å². The maximum Gasteiger partial charge on any atom is 0.261 e. The first-order valence-electron chi connectivity index (χ1n) is 6.50. The fourth-order valence-corrected chi connectivity index (χ4v) is 3.22. The van der Waals surface area contributed by atoms with Crippen LogP contribution in [0, 0.1) is 6.92 Å². The third-order valence-electron chi connectivity index (χ3n) is 3.08. The van der Waals surface area contributed by atoms with Gasteiger partial charge in [-0.3, -0.25) is 4.72 Å². The Morgan fingerprint density at radius 2 is 1.81 bits per heavy atom. The van der Waals surface area contributed by atoms with E-state index in [1.165, 1.54) is 0 Å². The van der Waals surface area contributed by atoms with Gasteiger partial charge >= 0.3 is 0 Å². The Hall–Kier alpha value is -1.37. The Balaban J connectivity index is 2.23. The first kappa shape index (κ1) is 16.0. The van der Waals surface area contributed by atoms with Crippen LogP contribution in [0.2, 0.25) is 0 Å². The minimum Gasteiger partial charge on any atom is -0.330 e. The van der Waals surface area contributed by atoms with E-state index >= 15 is 0 Å². The lowest BCUT2D eigenvalue weighted by atomic mass is 10.2. The summed E-state index contributed by atoms with van der Waals surface area (Å²) in [4.78, 5) is 0.240. The van der Waals surface area contributed by atoms with Crippen molar-refractivity contribution >= 4 is 31.6 Å². The van der Waals surface area contributed by atoms with Crippen LogP contribution in [-0.2, 0) is 16.4 Å². The number of sulfonamides is 1. The Morgan fingerprint density at radius 1 is 1.14 bits per heavy atom. The Bertz CT molecular complexity index is 728. The average Bonchev–Trinajstić information content (AvgIpc) is 2.44. The molecule has 0 saturated carbocycles. The zero-order chi connectivity index (χ0) is 15.5. The zero-order valence-electron chi connectivity index (χ0n) is 11.6. The molecule has 0 aliphatic rings. The molecule has 3 N–H and O–H groups in total. The zero-order valence-corrected chi connectivity index (χ0v) is 14.0. The van der Waals surface area contributed by atoms with Crippen LogP contribution in [0.1, 0.15) is 11.1 Å². The monoisotopic (exact) mass is 368 g/mol. The highest BCUT2D eigenvalue weighted by Crippen LogP contribution is 2.22. The molecule has 0 heterocycles. The fourth-order valence-electron chi connectivity index (χ4n) is 1.92. The van der Waals surface area contributed by atoms with Gasteiger partial charge in [0, 0.05) is 10.2 Å². The van der Waals surface area contributed by atoms with E-state index in [4.69, 9.17) is 5.73 Å². The van der Waals surface area contributed by atoms with Gasteiger partial charge in [-0.1, -0.05) is 28.1 Å². The van der Waals surface area contributed by atoms with E-state index < -0.39 is 10.0 Å². The van der Waals surface area contributed by atoms with Crippen molar-refractivity contribution in [2.45, 2.75) is 18.2 Å². The Kier molecular flexibility index (Phi) is 5.03. The van der Waals surface area contributed by atoms with Crippen molar-refractivity contribution in [3.8, 4) is 0 Å². The summed E-state index contributed by atoms with van der Waals surface area (Å²) in [5.74, 6) is 0. The molecular weight excluding hydrogens is 352 g/mol. The number of nitrogens with one attached hydrogen (secondary N) is 1. The van der Waals surface area contributed by atoms with Gasteiger partial charge in [0.15, 0.2) is 0 Å². The predicted octanol–water partition coefficient (Wildman–Crippen LogP) is 3.06. The first-order valence-corrected chi connectivity index (χ1v) is 8.78. The van der Waals surface area contributed by atoms with Gasteiger partial charge in [0.1, 0.15) is 0 Å². The van der Waals surface area contributed by atoms with Gasteiger partial charge < -0.3 is 5.73 Å². The van der Waals surface area contributed by atoms with Gasteiger partial charge in [-0.2, -0.15) is 0 Å². The molecule has 0 fully saturated rings. The van der Waals surface area contributed by atoms with Crippen LogP contribution < -0.4 is 10.5 Å². The standard InChI is InChI=1S/C15H17BrN2O2S/c1-11-10-13(4-7-15(11)16)18-21(19,20)14-5-2-12(3-6-14)8-9-17/h2-7,10,18H,8-9,17H2,1H3. The van der Waals surface area contributed by atoms with Crippen LogP contribution >= 0.6 is 15.9 Å². The molecule has 0 radical (unpaired) electrons. The fraction of sp³-hybridized carbons (Fsp3) is 0.200. The molecule has 2 aromatic rings. The van der Waals surface area contributed by atoms with Gasteiger partial charge in [-0.15, -0.1) is 0 Å².